The minimum absolute atomic E-state index is 0.0372. The van der Waals surface area contributed by atoms with Gasteiger partial charge in [-0.15, -0.1) is 0 Å². The van der Waals surface area contributed by atoms with Crippen molar-refractivity contribution in [3.8, 4) is 5.69 Å². The maximum atomic E-state index is 5.87. The van der Waals surface area contributed by atoms with Crippen LogP contribution >= 0.6 is 11.6 Å². The maximum absolute atomic E-state index is 5.87. The van der Waals surface area contributed by atoms with E-state index < -0.39 is 0 Å². The Bertz CT molecular complexity index is 735. The minimum Gasteiger partial charge on any atom is -0.368 e. The number of nitrogens with zero attached hydrogens (tertiary/aromatic N) is 5. The topological polar surface area (TPSA) is 94.5 Å². The number of nitrogen functional groups attached to an aromatic ring is 1. The molecular weight excluding hydrogens is 302 g/mol. The van der Waals surface area contributed by atoms with Gasteiger partial charge in [-0.1, -0.05) is 23.7 Å². The van der Waals surface area contributed by atoms with Gasteiger partial charge < -0.3 is 11.1 Å². The van der Waals surface area contributed by atoms with E-state index in [1.165, 1.54) is 6.33 Å². The van der Waals surface area contributed by atoms with Crippen molar-refractivity contribution in [2.75, 3.05) is 11.1 Å². The number of hydrogen-bond donors (Lipinski definition) is 2. The van der Waals surface area contributed by atoms with Gasteiger partial charge in [0.1, 0.15) is 23.6 Å². The van der Waals surface area contributed by atoms with Gasteiger partial charge in [0, 0.05) is 12.1 Å². The third-order valence-electron chi connectivity index (χ3n) is 3.15. The van der Waals surface area contributed by atoms with Gasteiger partial charge in [0.2, 0.25) is 5.95 Å². The van der Waals surface area contributed by atoms with E-state index in [0.717, 1.165) is 11.3 Å². The van der Waals surface area contributed by atoms with Crippen LogP contribution in [0.25, 0.3) is 5.69 Å². The number of rotatable bonds is 4. The Labute approximate surface area is 132 Å². The number of hydrogen-bond acceptors (Lipinski definition) is 6. The molecular formula is C14H14ClN7. The number of anilines is 2. The highest BCUT2D eigenvalue weighted by Gasteiger charge is 2.08. The molecule has 0 unspecified atom stereocenters. The molecule has 1 aromatic carbocycles. The molecule has 3 rings (SSSR count). The quantitative estimate of drug-likeness (QED) is 0.718. The van der Waals surface area contributed by atoms with E-state index in [2.05, 4.69) is 25.4 Å². The van der Waals surface area contributed by atoms with Gasteiger partial charge in [-0.25, -0.2) is 14.6 Å². The fourth-order valence-electron chi connectivity index (χ4n) is 2.07. The summed E-state index contributed by atoms with van der Waals surface area (Å²) in [5.74, 6) is 0.731. The summed E-state index contributed by atoms with van der Waals surface area (Å²) in [7, 11) is 0. The van der Waals surface area contributed by atoms with E-state index >= 15 is 0 Å². The summed E-state index contributed by atoms with van der Waals surface area (Å²) in [5.41, 5.74) is 7.63. The zero-order valence-electron chi connectivity index (χ0n) is 11.8. The molecule has 0 aliphatic carbocycles. The number of nitrogens with two attached hydrogens (primary N) is 1. The van der Waals surface area contributed by atoms with Crippen molar-refractivity contribution in [1.29, 1.82) is 0 Å². The lowest BCUT2D eigenvalue weighted by molar-refractivity contribution is 0.857. The molecule has 2 heterocycles. The Hall–Kier alpha value is -2.67. The number of nitrogens with one attached hydrogen (secondary N) is 1. The fourth-order valence-corrected chi connectivity index (χ4v) is 2.26. The second-order valence-corrected chi connectivity index (χ2v) is 5.12. The van der Waals surface area contributed by atoms with Crippen LogP contribution in [-0.2, 0) is 0 Å². The first-order chi connectivity index (χ1) is 10.6. The predicted molar refractivity (Wildman–Crippen MR) is 84.9 cm³/mol. The standard InChI is InChI=1S/C14H14ClN7/c1-9(19-13-6-12(15)20-14(16)21-13)10-2-4-11(5-3-10)22-8-17-7-18-22/h2-9H,1H3,(H3,16,19,20,21)/t9-/m1/s1. The van der Waals surface area contributed by atoms with Crippen LogP contribution in [0.1, 0.15) is 18.5 Å². The SMILES string of the molecule is C[C@@H](Nc1cc(Cl)nc(N)n1)c1ccc(-n2cncn2)cc1. The number of benzene rings is 1. The minimum atomic E-state index is 0.0372. The van der Waals surface area contributed by atoms with Crippen LogP contribution in [0.3, 0.4) is 0 Å². The first-order valence-electron chi connectivity index (χ1n) is 6.63. The molecule has 112 valence electrons. The van der Waals surface area contributed by atoms with Crippen molar-refractivity contribution in [2.45, 2.75) is 13.0 Å². The highest BCUT2D eigenvalue weighted by molar-refractivity contribution is 6.29. The molecule has 0 spiro atoms. The Balaban J connectivity index is 1.76. The van der Waals surface area contributed by atoms with Crippen molar-refractivity contribution < 1.29 is 0 Å². The van der Waals surface area contributed by atoms with Crippen molar-refractivity contribution >= 4 is 23.4 Å². The van der Waals surface area contributed by atoms with Crippen molar-refractivity contribution in [1.82, 2.24) is 24.7 Å². The normalized spacial score (nSPS) is 12.1. The first kappa shape index (κ1) is 14.3. The highest BCUT2D eigenvalue weighted by atomic mass is 35.5. The lowest BCUT2D eigenvalue weighted by atomic mass is 10.1. The number of aromatic nitrogens is 5. The maximum Gasteiger partial charge on any atom is 0.223 e. The van der Waals surface area contributed by atoms with E-state index in [1.54, 1.807) is 17.1 Å². The molecule has 0 saturated carbocycles. The van der Waals surface area contributed by atoms with Crippen molar-refractivity contribution in [2.24, 2.45) is 0 Å². The van der Waals surface area contributed by atoms with Gasteiger partial charge >= 0.3 is 0 Å². The third-order valence-corrected chi connectivity index (χ3v) is 3.35. The molecule has 7 nitrogen and oxygen atoms in total. The Morgan fingerprint density at radius 3 is 2.64 bits per heavy atom. The molecule has 0 aliphatic heterocycles. The van der Waals surface area contributed by atoms with Crippen molar-refractivity contribution in [3.63, 3.8) is 0 Å². The Morgan fingerprint density at radius 1 is 1.23 bits per heavy atom. The monoisotopic (exact) mass is 315 g/mol. The van der Waals surface area contributed by atoms with Gasteiger partial charge in [0.05, 0.1) is 5.69 Å². The highest BCUT2D eigenvalue weighted by Crippen LogP contribution is 2.21. The molecule has 8 heteroatoms. The van der Waals surface area contributed by atoms with Crippen molar-refractivity contribution in [3.05, 3.63) is 53.7 Å². The van der Waals surface area contributed by atoms with Gasteiger partial charge in [-0.2, -0.15) is 10.1 Å². The Kier molecular flexibility index (Phi) is 3.88. The van der Waals surface area contributed by atoms with E-state index in [-0.39, 0.29) is 12.0 Å². The molecule has 1 atom stereocenters. The van der Waals surface area contributed by atoms with Gasteiger partial charge in [-0.05, 0) is 24.6 Å². The van der Waals surface area contributed by atoms with Crippen LogP contribution in [0.5, 0.6) is 0 Å². The molecule has 3 N–H and O–H groups in total. The molecule has 0 fully saturated rings. The number of halogens is 1. The fraction of sp³-hybridized carbons (Fsp3) is 0.143. The van der Waals surface area contributed by atoms with Gasteiger partial charge in [0.25, 0.3) is 0 Å². The molecule has 0 bridgehead atoms. The van der Waals surface area contributed by atoms with Crippen LogP contribution in [0.15, 0.2) is 43.0 Å². The van der Waals surface area contributed by atoms with E-state index in [4.69, 9.17) is 17.3 Å². The zero-order valence-corrected chi connectivity index (χ0v) is 12.6. The summed E-state index contributed by atoms with van der Waals surface area (Å²) in [6.07, 6.45) is 3.16. The third kappa shape index (κ3) is 3.15. The molecule has 0 radical (unpaired) electrons. The van der Waals surface area contributed by atoms with E-state index in [9.17, 15) is 0 Å². The van der Waals surface area contributed by atoms with Crippen LogP contribution in [0.4, 0.5) is 11.8 Å². The van der Waals surface area contributed by atoms with Crippen LogP contribution in [0, 0.1) is 0 Å². The van der Waals surface area contributed by atoms with E-state index in [0.29, 0.717) is 11.0 Å². The van der Waals surface area contributed by atoms with Crippen LogP contribution in [-0.4, -0.2) is 24.7 Å². The lowest BCUT2D eigenvalue weighted by Crippen LogP contribution is -2.09. The first-order valence-corrected chi connectivity index (χ1v) is 7.01. The van der Waals surface area contributed by atoms with Crippen LogP contribution in [0.2, 0.25) is 5.15 Å². The summed E-state index contributed by atoms with van der Waals surface area (Å²) in [6, 6.07) is 9.66. The zero-order chi connectivity index (χ0) is 15.5. The second kappa shape index (κ2) is 5.98. The molecule has 0 saturated heterocycles. The second-order valence-electron chi connectivity index (χ2n) is 4.73. The summed E-state index contributed by atoms with van der Waals surface area (Å²) in [5, 5.41) is 7.65. The largest absolute Gasteiger partial charge is 0.368 e. The average molecular weight is 316 g/mol. The molecule has 0 amide bonds. The summed E-state index contributed by atoms with van der Waals surface area (Å²) in [6.45, 7) is 2.02. The molecule has 0 aliphatic rings. The summed E-state index contributed by atoms with van der Waals surface area (Å²) in [4.78, 5) is 11.9. The molecule has 2 aromatic heterocycles. The molecule has 3 aromatic rings. The van der Waals surface area contributed by atoms with Gasteiger partial charge in [0.15, 0.2) is 0 Å². The summed E-state index contributed by atoms with van der Waals surface area (Å²) >= 11 is 5.87. The van der Waals surface area contributed by atoms with Crippen LogP contribution < -0.4 is 11.1 Å². The Morgan fingerprint density at radius 2 is 2.00 bits per heavy atom. The smallest absolute Gasteiger partial charge is 0.223 e. The average Bonchev–Trinajstić information content (AvgIpc) is 3.00. The lowest BCUT2D eigenvalue weighted by Gasteiger charge is -2.15. The van der Waals surface area contributed by atoms with Gasteiger partial charge in [-0.3, -0.25) is 0 Å². The van der Waals surface area contributed by atoms with E-state index in [1.807, 2.05) is 31.2 Å². The summed E-state index contributed by atoms with van der Waals surface area (Å²) < 4.78 is 1.70. The molecule has 22 heavy (non-hydrogen) atoms. The predicted octanol–water partition coefficient (Wildman–Crippen LogP) is 2.47.